The van der Waals surface area contributed by atoms with Gasteiger partial charge in [0.25, 0.3) is 5.56 Å². The van der Waals surface area contributed by atoms with Crippen molar-refractivity contribution >= 4 is 5.78 Å². The highest BCUT2D eigenvalue weighted by Crippen LogP contribution is 2.25. The van der Waals surface area contributed by atoms with Crippen molar-refractivity contribution in [3.63, 3.8) is 0 Å². The maximum Gasteiger partial charge on any atom is 0.328 e. The topological polar surface area (TPSA) is 71.9 Å². The van der Waals surface area contributed by atoms with E-state index in [9.17, 15) is 14.4 Å². The van der Waals surface area contributed by atoms with E-state index in [4.69, 9.17) is 0 Å². The summed E-state index contributed by atoms with van der Waals surface area (Å²) in [5, 5.41) is 0. The number of rotatable bonds is 4. The molecule has 1 saturated carbocycles. The quantitative estimate of drug-likeness (QED) is 0.861. The minimum Gasteiger partial charge on any atom is -0.297 e. The number of nitrogens with one attached hydrogen (secondary N) is 1. The third kappa shape index (κ3) is 2.60. The first-order valence-corrected chi connectivity index (χ1v) is 6.47. The zero-order valence-corrected chi connectivity index (χ0v) is 10.6. The molecule has 0 bridgehead atoms. The highest BCUT2D eigenvalue weighted by molar-refractivity contribution is 5.81. The van der Waals surface area contributed by atoms with Gasteiger partial charge in [0.1, 0.15) is 0 Å². The number of nitrogens with zero attached hydrogens (tertiary/aromatic N) is 1. The first kappa shape index (κ1) is 12.8. The van der Waals surface area contributed by atoms with Crippen LogP contribution in [0.2, 0.25) is 0 Å². The maximum atomic E-state index is 12.0. The van der Waals surface area contributed by atoms with Gasteiger partial charge in [0.05, 0.1) is 6.54 Å². The normalized spacial score (nSPS) is 16.1. The molecule has 0 aromatic carbocycles. The summed E-state index contributed by atoms with van der Waals surface area (Å²) in [7, 11) is 0. The van der Waals surface area contributed by atoms with Gasteiger partial charge in [-0.05, 0) is 19.3 Å². The molecule has 1 aliphatic carbocycles. The molecule has 2 rings (SSSR count). The molecular formula is C13H18N2O3. The van der Waals surface area contributed by atoms with E-state index in [-0.39, 0.29) is 23.8 Å². The number of carbonyl (C=O) groups excluding carboxylic acids is 1. The van der Waals surface area contributed by atoms with Gasteiger partial charge in [-0.15, -0.1) is 0 Å². The number of aromatic amines is 1. The van der Waals surface area contributed by atoms with Gasteiger partial charge < -0.3 is 0 Å². The van der Waals surface area contributed by atoms with Crippen LogP contribution in [-0.4, -0.2) is 15.3 Å². The minimum absolute atomic E-state index is 0.0767. The number of carbonyl (C=O) groups is 1. The standard InChI is InChI=1S/C13H18N2O3/c1-2-9-7-15(13(18)14-12(9)17)8-11(16)10-5-3-4-6-10/h7,10H,2-6,8H2,1H3,(H,14,17,18). The molecule has 0 amide bonds. The van der Waals surface area contributed by atoms with Gasteiger partial charge >= 0.3 is 5.69 Å². The zero-order chi connectivity index (χ0) is 13.1. The van der Waals surface area contributed by atoms with Crippen molar-refractivity contribution in [3.8, 4) is 0 Å². The summed E-state index contributed by atoms with van der Waals surface area (Å²) in [6.45, 7) is 1.92. The Morgan fingerprint density at radius 1 is 1.39 bits per heavy atom. The fourth-order valence-corrected chi connectivity index (χ4v) is 2.47. The van der Waals surface area contributed by atoms with Crippen molar-refractivity contribution in [2.45, 2.75) is 45.6 Å². The number of aromatic nitrogens is 2. The average molecular weight is 250 g/mol. The van der Waals surface area contributed by atoms with Gasteiger partial charge in [-0.25, -0.2) is 4.79 Å². The Bertz CT molecular complexity index is 550. The second kappa shape index (κ2) is 5.33. The monoisotopic (exact) mass is 250 g/mol. The highest BCUT2D eigenvalue weighted by atomic mass is 16.2. The molecule has 1 N–H and O–H groups in total. The molecule has 5 nitrogen and oxygen atoms in total. The predicted molar refractivity (Wildman–Crippen MR) is 67.7 cm³/mol. The fraction of sp³-hybridized carbons (Fsp3) is 0.615. The number of hydrogen-bond donors (Lipinski definition) is 1. The number of Topliss-reactive ketones (excluding diaryl/α,β-unsaturated/α-hetero) is 1. The van der Waals surface area contributed by atoms with E-state index >= 15 is 0 Å². The molecule has 18 heavy (non-hydrogen) atoms. The highest BCUT2D eigenvalue weighted by Gasteiger charge is 2.23. The molecule has 0 unspecified atom stereocenters. The SMILES string of the molecule is CCc1cn(CC(=O)C2CCCC2)c(=O)[nH]c1=O. The Morgan fingerprint density at radius 3 is 2.67 bits per heavy atom. The van der Waals surface area contributed by atoms with Crippen LogP contribution >= 0.6 is 0 Å². The van der Waals surface area contributed by atoms with Crippen LogP contribution in [0.5, 0.6) is 0 Å². The van der Waals surface area contributed by atoms with Crippen molar-refractivity contribution in [2.75, 3.05) is 0 Å². The van der Waals surface area contributed by atoms with Crippen LogP contribution in [0.15, 0.2) is 15.8 Å². The lowest BCUT2D eigenvalue weighted by molar-refractivity contribution is -0.123. The summed E-state index contributed by atoms with van der Waals surface area (Å²) in [6.07, 6.45) is 6.10. The van der Waals surface area contributed by atoms with Crippen molar-refractivity contribution in [1.29, 1.82) is 0 Å². The molecule has 1 aromatic rings. The Labute approximate surface area is 105 Å². The molecule has 0 saturated heterocycles. The Kier molecular flexibility index (Phi) is 3.79. The van der Waals surface area contributed by atoms with Gasteiger partial charge in [-0.1, -0.05) is 19.8 Å². The van der Waals surface area contributed by atoms with Gasteiger partial charge in [0, 0.05) is 17.7 Å². The number of hydrogen-bond acceptors (Lipinski definition) is 3. The lowest BCUT2D eigenvalue weighted by atomic mass is 10.0. The van der Waals surface area contributed by atoms with Crippen molar-refractivity contribution in [1.82, 2.24) is 9.55 Å². The van der Waals surface area contributed by atoms with Gasteiger partial charge in [0.2, 0.25) is 0 Å². The molecule has 0 radical (unpaired) electrons. The molecular weight excluding hydrogens is 232 g/mol. The first-order chi connectivity index (χ1) is 8.61. The lowest BCUT2D eigenvalue weighted by Gasteiger charge is -2.10. The van der Waals surface area contributed by atoms with Crippen molar-refractivity contribution in [3.05, 3.63) is 32.6 Å². The van der Waals surface area contributed by atoms with E-state index in [0.29, 0.717) is 12.0 Å². The number of H-pyrrole nitrogens is 1. The van der Waals surface area contributed by atoms with Gasteiger partial charge in [0.15, 0.2) is 5.78 Å². The first-order valence-electron chi connectivity index (χ1n) is 6.47. The van der Waals surface area contributed by atoms with Gasteiger partial charge in [-0.3, -0.25) is 19.1 Å². The molecule has 1 heterocycles. The van der Waals surface area contributed by atoms with E-state index in [1.165, 1.54) is 10.8 Å². The predicted octanol–water partition coefficient (Wildman–Crippen LogP) is 0.858. The van der Waals surface area contributed by atoms with E-state index in [1.54, 1.807) is 0 Å². The Morgan fingerprint density at radius 2 is 2.06 bits per heavy atom. The summed E-state index contributed by atoms with van der Waals surface area (Å²) >= 11 is 0. The maximum absolute atomic E-state index is 12.0. The lowest BCUT2D eigenvalue weighted by Crippen LogP contribution is -2.34. The Hall–Kier alpha value is -1.65. The van der Waals surface area contributed by atoms with Crippen LogP contribution in [0.3, 0.4) is 0 Å². The van der Waals surface area contributed by atoms with Crippen molar-refractivity contribution < 1.29 is 4.79 Å². The van der Waals surface area contributed by atoms with Crippen LogP contribution in [-0.2, 0) is 17.8 Å². The molecule has 1 aromatic heterocycles. The molecule has 1 fully saturated rings. The average Bonchev–Trinajstić information content (AvgIpc) is 2.86. The van der Waals surface area contributed by atoms with Crippen LogP contribution in [0.4, 0.5) is 0 Å². The third-order valence-corrected chi connectivity index (χ3v) is 3.60. The van der Waals surface area contributed by atoms with E-state index in [0.717, 1.165) is 25.7 Å². The zero-order valence-electron chi connectivity index (χ0n) is 10.6. The van der Waals surface area contributed by atoms with Gasteiger partial charge in [-0.2, -0.15) is 0 Å². The summed E-state index contributed by atoms with van der Waals surface area (Å²) < 4.78 is 1.32. The van der Waals surface area contributed by atoms with Crippen LogP contribution in [0.1, 0.15) is 38.2 Å². The van der Waals surface area contributed by atoms with Crippen LogP contribution in [0, 0.1) is 5.92 Å². The summed E-state index contributed by atoms with van der Waals surface area (Å²) in [5.74, 6) is 0.192. The molecule has 98 valence electrons. The second-order valence-electron chi connectivity index (χ2n) is 4.84. The number of aryl methyl sites for hydroxylation is 1. The van der Waals surface area contributed by atoms with E-state index in [2.05, 4.69) is 4.98 Å². The molecule has 0 aliphatic heterocycles. The van der Waals surface area contributed by atoms with E-state index < -0.39 is 5.69 Å². The largest absolute Gasteiger partial charge is 0.328 e. The summed E-state index contributed by atoms with van der Waals surface area (Å²) in [5.41, 5.74) is -0.315. The van der Waals surface area contributed by atoms with Crippen molar-refractivity contribution in [2.24, 2.45) is 5.92 Å². The third-order valence-electron chi connectivity index (χ3n) is 3.60. The molecule has 1 aliphatic rings. The fourth-order valence-electron chi connectivity index (χ4n) is 2.47. The second-order valence-corrected chi connectivity index (χ2v) is 4.84. The minimum atomic E-state index is -0.497. The van der Waals surface area contributed by atoms with Crippen LogP contribution in [0.25, 0.3) is 0 Å². The van der Waals surface area contributed by atoms with Crippen LogP contribution < -0.4 is 11.2 Å². The summed E-state index contributed by atoms with van der Waals surface area (Å²) in [6, 6.07) is 0. The molecule has 0 atom stereocenters. The smallest absolute Gasteiger partial charge is 0.297 e. The molecule has 0 spiro atoms. The number of ketones is 1. The molecule has 5 heteroatoms. The Balaban J connectivity index is 2.20. The van der Waals surface area contributed by atoms with E-state index in [1.807, 2.05) is 6.92 Å². The summed E-state index contributed by atoms with van der Waals surface area (Å²) in [4.78, 5) is 37.3.